The normalized spacial score (nSPS) is 10.0. The SMILES string of the molecule is O=C(CCCC(=O)c1ccccc1)Oc1ccccc1. The third kappa shape index (κ3) is 4.35. The average molecular weight is 268 g/mol. The fourth-order valence-corrected chi connectivity index (χ4v) is 1.83. The maximum Gasteiger partial charge on any atom is 0.311 e. The molecule has 0 aliphatic carbocycles. The number of carbonyl (C=O) groups is 2. The summed E-state index contributed by atoms with van der Waals surface area (Å²) in [6, 6.07) is 18.0. The van der Waals surface area contributed by atoms with Crippen molar-refractivity contribution in [1.29, 1.82) is 0 Å². The fourth-order valence-electron chi connectivity index (χ4n) is 1.83. The van der Waals surface area contributed by atoms with E-state index in [1.165, 1.54) is 0 Å². The van der Waals surface area contributed by atoms with Crippen molar-refractivity contribution in [3.63, 3.8) is 0 Å². The van der Waals surface area contributed by atoms with Gasteiger partial charge in [-0.05, 0) is 18.6 Å². The molecule has 0 radical (unpaired) electrons. The Kier molecular flexibility index (Phi) is 5.07. The van der Waals surface area contributed by atoms with E-state index < -0.39 is 0 Å². The molecule has 102 valence electrons. The molecule has 20 heavy (non-hydrogen) atoms. The van der Waals surface area contributed by atoms with Crippen molar-refractivity contribution < 1.29 is 14.3 Å². The highest BCUT2D eigenvalue weighted by Gasteiger charge is 2.08. The molecule has 3 nitrogen and oxygen atoms in total. The highest BCUT2D eigenvalue weighted by atomic mass is 16.5. The predicted octanol–water partition coefficient (Wildman–Crippen LogP) is 3.65. The van der Waals surface area contributed by atoms with E-state index in [1.807, 2.05) is 36.4 Å². The number of ether oxygens (including phenoxy) is 1. The number of hydrogen-bond acceptors (Lipinski definition) is 3. The number of Topliss-reactive ketones (excluding diaryl/α,β-unsaturated/α-hetero) is 1. The molecular formula is C17H16O3. The lowest BCUT2D eigenvalue weighted by Crippen LogP contribution is -2.08. The van der Waals surface area contributed by atoms with Gasteiger partial charge in [-0.2, -0.15) is 0 Å². The minimum Gasteiger partial charge on any atom is -0.427 e. The maximum atomic E-state index is 11.8. The van der Waals surface area contributed by atoms with Gasteiger partial charge >= 0.3 is 5.97 Å². The van der Waals surface area contributed by atoms with Crippen molar-refractivity contribution in [3.05, 3.63) is 66.2 Å². The third-order valence-electron chi connectivity index (χ3n) is 2.86. The largest absolute Gasteiger partial charge is 0.427 e. The van der Waals surface area contributed by atoms with Gasteiger partial charge in [0.05, 0.1) is 0 Å². The van der Waals surface area contributed by atoms with E-state index in [4.69, 9.17) is 4.74 Å². The van der Waals surface area contributed by atoms with Gasteiger partial charge in [-0.15, -0.1) is 0 Å². The predicted molar refractivity (Wildman–Crippen MR) is 76.7 cm³/mol. The standard InChI is InChI=1S/C17H16O3/c18-16(14-8-3-1-4-9-14)12-7-13-17(19)20-15-10-5-2-6-11-15/h1-6,8-11H,7,12-13H2. The lowest BCUT2D eigenvalue weighted by Gasteiger charge is -2.04. The van der Waals surface area contributed by atoms with Crippen molar-refractivity contribution in [2.45, 2.75) is 19.3 Å². The van der Waals surface area contributed by atoms with Gasteiger partial charge in [0.2, 0.25) is 0 Å². The highest BCUT2D eigenvalue weighted by molar-refractivity contribution is 5.96. The van der Waals surface area contributed by atoms with Gasteiger partial charge in [0.15, 0.2) is 5.78 Å². The summed E-state index contributed by atoms with van der Waals surface area (Å²) in [6.07, 6.45) is 1.10. The molecule has 2 rings (SSSR count). The molecule has 0 saturated carbocycles. The quantitative estimate of drug-likeness (QED) is 0.456. The zero-order valence-corrected chi connectivity index (χ0v) is 11.1. The molecule has 0 heterocycles. The molecule has 0 amide bonds. The summed E-state index contributed by atoms with van der Waals surface area (Å²) in [5.41, 5.74) is 0.684. The molecule has 0 aromatic heterocycles. The molecule has 2 aromatic carbocycles. The number of benzene rings is 2. The first-order valence-corrected chi connectivity index (χ1v) is 6.59. The molecule has 0 bridgehead atoms. The van der Waals surface area contributed by atoms with Gasteiger partial charge in [0.1, 0.15) is 5.75 Å². The zero-order chi connectivity index (χ0) is 14.2. The second kappa shape index (κ2) is 7.24. The van der Waals surface area contributed by atoms with Crippen molar-refractivity contribution >= 4 is 11.8 Å². The smallest absolute Gasteiger partial charge is 0.311 e. The Labute approximate surface area is 118 Å². The lowest BCUT2D eigenvalue weighted by atomic mass is 10.1. The van der Waals surface area contributed by atoms with Crippen LogP contribution in [0.5, 0.6) is 5.75 Å². The van der Waals surface area contributed by atoms with Gasteiger partial charge in [0, 0.05) is 18.4 Å². The summed E-state index contributed by atoms with van der Waals surface area (Å²) in [4.78, 5) is 23.4. The van der Waals surface area contributed by atoms with E-state index in [-0.39, 0.29) is 18.2 Å². The molecule has 3 heteroatoms. The van der Waals surface area contributed by atoms with Crippen LogP contribution in [0.25, 0.3) is 0 Å². The molecule has 0 fully saturated rings. The molecule has 2 aromatic rings. The maximum absolute atomic E-state index is 11.8. The van der Waals surface area contributed by atoms with Gasteiger partial charge in [-0.25, -0.2) is 0 Å². The Morgan fingerprint density at radius 2 is 1.40 bits per heavy atom. The van der Waals surface area contributed by atoms with Crippen LogP contribution in [-0.4, -0.2) is 11.8 Å². The second-order valence-electron chi connectivity index (χ2n) is 4.43. The van der Waals surface area contributed by atoms with Crippen LogP contribution >= 0.6 is 0 Å². The highest BCUT2D eigenvalue weighted by Crippen LogP contribution is 2.11. The Bertz CT molecular complexity index is 561. The van der Waals surface area contributed by atoms with Gasteiger partial charge < -0.3 is 4.74 Å². The van der Waals surface area contributed by atoms with E-state index in [1.54, 1.807) is 24.3 Å². The van der Waals surface area contributed by atoms with Crippen LogP contribution in [0.4, 0.5) is 0 Å². The number of esters is 1. The van der Waals surface area contributed by atoms with E-state index in [0.29, 0.717) is 24.2 Å². The van der Waals surface area contributed by atoms with Crippen molar-refractivity contribution in [2.75, 3.05) is 0 Å². The number of ketones is 1. The van der Waals surface area contributed by atoms with Gasteiger partial charge in [-0.1, -0.05) is 48.5 Å². The van der Waals surface area contributed by atoms with E-state index in [0.717, 1.165) is 0 Å². The van der Waals surface area contributed by atoms with Crippen molar-refractivity contribution in [2.24, 2.45) is 0 Å². The Morgan fingerprint density at radius 1 is 0.800 bits per heavy atom. The molecule has 0 atom stereocenters. The molecule has 0 aliphatic rings. The molecule has 0 aliphatic heterocycles. The number of carbonyl (C=O) groups excluding carboxylic acids is 2. The lowest BCUT2D eigenvalue weighted by molar-refractivity contribution is -0.134. The van der Waals surface area contributed by atoms with Crippen LogP contribution in [0.1, 0.15) is 29.6 Å². The van der Waals surface area contributed by atoms with Crippen molar-refractivity contribution in [3.8, 4) is 5.75 Å². The monoisotopic (exact) mass is 268 g/mol. The topological polar surface area (TPSA) is 43.4 Å². The Balaban J connectivity index is 1.73. The van der Waals surface area contributed by atoms with Gasteiger partial charge in [-0.3, -0.25) is 9.59 Å². The van der Waals surface area contributed by atoms with Crippen LogP contribution in [0, 0.1) is 0 Å². The van der Waals surface area contributed by atoms with Crippen LogP contribution in [-0.2, 0) is 4.79 Å². The molecular weight excluding hydrogens is 252 g/mol. The number of rotatable bonds is 6. The van der Waals surface area contributed by atoms with E-state index >= 15 is 0 Å². The number of para-hydroxylation sites is 1. The summed E-state index contributed by atoms with van der Waals surface area (Å²) in [5, 5.41) is 0. The molecule has 0 saturated heterocycles. The minimum atomic E-state index is -0.308. The minimum absolute atomic E-state index is 0.0538. The molecule has 0 unspecified atom stereocenters. The summed E-state index contributed by atoms with van der Waals surface area (Å²) in [5.74, 6) is 0.280. The first kappa shape index (κ1) is 14.0. The second-order valence-corrected chi connectivity index (χ2v) is 4.43. The first-order valence-electron chi connectivity index (χ1n) is 6.59. The van der Waals surface area contributed by atoms with Gasteiger partial charge in [0.25, 0.3) is 0 Å². The average Bonchev–Trinajstić information content (AvgIpc) is 2.49. The zero-order valence-electron chi connectivity index (χ0n) is 11.1. The summed E-state index contributed by atoms with van der Waals surface area (Å²) < 4.78 is 5.15. The molecule has 0 spiro atoms. The number of hydrogen-bond donors (Lipinski definition) is 0. The summed E-state index contributed by atoms with van der Waals surface area (Å²) >= 11 is 0. The van der Waals surface area contributed by atoms with Crippen LogP contribution < -0.4 is 4.74 Å². The van der Waals surface area contributed by atoms with E-state index in [2.05, 4.69) is 0 Å². The Morgan fingerprint density at radius 3 is 2.05 bits per heavy atom. The molecule has 0 N–H and O–H groups in total. The summed E-state index contributed by atoms with van der Waals surface area (Å²) in [7, 11) is 0. The van der Waals surface area contributed by atoms with Crippen molar-refractivity contribution in [1.82, 2.24) is 0 Å². The Hall–Kier alpha value is -2.42. The fraction of sp³-hybridized carbons (Fsp3) is 0.176. The third-order valence-corrected chi connectivity index (χ3v) is 2.86. The van der Waals surface area contributed by atoms with Crippen LogP contribution in [0.3, 0.4) is 0 Å². The van der Waals surface area contributed by atoms with E-state index in [9.17, 15) is 9.59 Å². The van der Waals surface area contributed by atoms with Crippen LogP contribution in [0.15, 0.2) is 60.7 Å². The summed E-state index contributed by atoms with van der Waals surface area (Å²) in [6.45, 7) is 0. The first-order chi connectivity index (χ1) is 9.75. The van der Waals surface area contributed by atoms with Crippen LogP contribution in [0.2, 0.25) is 0 Å².